The van der Waals surface area contributed by atoms with Crippen LogP contribution in [-0.4, -0.2) is 23.9 Å². The monoisotopic (exact) mass is 410 g/mol. The van der Waals surface area contributed by atoms with Gasteiger partial charge in [0.1, 0.15) is 11.5 Å². The molecule has 0 radical (unpaired) electrons. The molecular formula is C25H18N2O4. The van der Waals surface area contributed by atoms with Gasteiger partial charge in [0.15, 0.2) is 0 Å². The van der Waals surface area contributed by atoms with Crippen molar-refractivity contribution in [2.75, 3.05) is 12.0 Å². The van der Waals surface area contributed by atoms with E-state index in [-0.39, 0.29) is 11.3 Å². The summed E-state index contributed by atoms with van der Waals surface area (Å²) < 4.78 is 5.33. The van der Waals surface area contributed by atoms with Gasteiger partial charge in [0, 0.05) is 5.69 Å². The highest BCUT2D eigenvalue weighted by Gasteiger charge is 2.47. The first kappa shape index (κ1) is 19.9. The largest absolute Gasteiger partial charge is 0.507 e. The van der Waals surface area contributed by atoms with E-state index < -0.39 is 17.7 Å². The number of hydrogen-bond acceptors (Lipinski definition) is 5. The van der Waals surface area contributed by atoms with E-state index in [9.17, 15) is 14.7 Å². The number of anilines is 1. The van der Waals surface area contributed by atoms with Crippen molar-refractivity contribution >= 4 is 23.1 Å². The first-order valence-corrected chi connectivity index (χ1v) is 9.56. The number of aliphatic hydroxyl groups excluding tert-OH is 1. The summed E-state index contributed by atoms with van der Waals surface area (Å²) in [6.07, 6.45) is 0. The van der Waals surface area contributed by atoms with Crippen molar-refractivity contribution in [1.82, 2.24) is 0 Å². The number of aliphatic hydroxyl groups is 1. The minimum Gasteiger partial charge on any atom is -0.507 e. The maximum Gasteiger partial charge on any atom is 0.300 e. The third kappa shape index (κ3) is 3.43. The zero-order chi connectivity index (χ0) is 22.0. The molecule has 1 saturated heterocycles. The molecule has 4 rings (SSSR count). The third-order valence-electron chi connectivity index (χ3n) is 5.20. The second-order valence-corrected chi connectivity index (χ2v) is 6.94. The zero-order valence-corrected chi connectivity index (χ0v) is 16.6. The normalized spacial score (nSPS) is 17.4. The second-order valence-electron chi connectivity index (χ2n) is 6.94. The lowest BCUT2D eigenvalue weighted by Crippen LogP contribution is -2.29. The number of benzene rings is 3. The van der Waals surface area contributed by atoms with E-state index in [1.165, 1.54) is 12.0 Å². The molecule has 0 aromatic heterocycles. The number of ketones is 1. The summed E-state index contributed by atoms with van der Waals surface area (Å²) >= 11 is 0. The number of carbonyl (C=O) groups is 2. The minimum absolute atomic E-state index is 0.0231. The lowest BCUT2D eigenvalue weighted by atomic mass is 9.95. The first-order valence-electron chi connectivity index (χ1n) is 9.56. The summed E-state index contributed by atoms with van der Waals surface area (Å²) in [5, 5.41) is 20.2. The fourth-order valence-electron chi connectivity index (χ4n) is 3.73. The summed E-state index contributed by atoms with van der Waals surface area (Å²) in [4.78, 5) is 27.5. The fourth-order valence-corrected chi connectivity index (χ4v) is 3.73. The van der Waals surface area contributed by atoms with Crippen LogP contribution in [-0.2, 0) is 9.59 Å². The molecule has 0 spiro atoms. The van der Waals surface area contributed by atoms with Crippen molar-refractivity contribution in [1.29, 1.82) is 5.26 Å². The summed E-state index contributed by atoms with van der Waals surface area (Å²) in [7, 11) is 1.47. The van der Waals surface area contributed by atoms with E-state index in [1.807, 2.05) is 12.1 Å². The van der Waals surface area contributed by atoms with Crippen LogP contribution in [0.15, 0.2) is 84.4 Å². The number of rotatable bonds is 4. The van der Waals surface area contributed by atoms with Gasteiger partial charge in [-0.2, -0.15) is 5.26 Å². The van der Waals surface area contributed by atoms with Crippen LogP contribution >= 0.6 is 0 Å². The molecule has 1 heterocycles. The van der Waals surface area contributed by atoms with Gasteiger partial charge >= 0.3 is 0 Å². The summed E-state index contributed by atoms with van der Waals surface area (Å²) in [5.41, 5.74) is 1.86. The number of Topliss-reactive ketones (excluding diaryl/α,β-unsaturated/α-hetero) is 1. The van der Waals surface area contributed by atoms with Gasteiger partial charge in [-0.15, -0.1) is 0 Å². The Bertz CT molecular complexity index is 1220. The number of nitrogens with zero attached hydrogens (tertiary/aromatic N) is 2. The van der Waals surface area contributed by atoms with Crippen molar-refractivity contribution in [3.63, 3.8) is 0 Å². The van der Waals surface area contributed by atoms with Crippen LogP contribution in [0.4, 0.5) is 5.69 Å². The Kier molecular flexibility index (Phi) is 5.25. The van der Waals surface area contributed by atoms with E-state index >= 15 is 0 Å². The highest BCUT2D eigenvalue weighted by Crippen LogP contribution is 2.43. The lowest BCUT2D eigenvalue weighted by molar-refractivity contribution is -0.132. The molecule has 0 saturated carbocycles. The van der Waals surface area contributed by atoms with Crippen LogP contribution in [0.3, 0.4) is 0 Å². The summed E-state index contributed by atoms with van der Waals surface area (Å²) in [6.45, 7) is 0. The second kappa shape index (κ2) is 8.17. The number of carbonyl (C=O) groups excluding carboxylic acids is 2. The number of nitriles is 1. The first-order chi connectivity index (χ1) is 15.1. The molecule has 1 N–H and O–H groups in total. The maximum atomic E-state index is 13.1. The van der Waals surface area contributed by atoms with Gasteiger partial charge < -0.3 is 9.84 Å². The van der Waals surface area contributed by atoms with Gasteiger partial charge in [0.25, 0.3) is 11.7 Å². The number of methoxy groups -OCH3 is 1. The molecule has 3 aromatic rings. The van der Waals surface area contributed by atoms with Crippen molar-refractivity contribution in [2.45, 2.75) is 6.04 Å². The molecule has 3 aromatic carbocycles. The number of para-hydroxylation sites is 1. The van der Waals surface area contributed by atoms with E-state index in [0.29, 0.717) is 28.1 Å². The molecule has 6 nitrogen and oxygen atoms in total. The average molecular weight is 410 g/mol. The Morgan fingerprint density at radius 2 is 1.61 bits per heavy atom. The molecule has 1 fully saturated rings. The fraction of sp³-hybridized carbons (Fsp3) is 0.0800. The van der Waals surface area contributed by atoms with Crippen LogP contribution in [0, 0.1) is 11.3 Å². The molecule has 1 aliphatic heterocycles. The molecule has 0 bridgehead atoms. The molecule has 0 aliphatic carbocycles. The van der Waals surface area contributed by atoms with E-state index in [1.54, 1.807) is 72.8 Å². The molecular weight excluding hydrogens is 392 g/mol. The van der Waals surface area contributed by atoms with Crippen LogP contribution in [0.2, 0.25) is 0 Å². The SMILES string of the molecule is COc1ccccc1/C(O)=C1/C(=O)C(=O)N(c2ccc(C#N)cc2)C1c1ccccc1. The molecule has 1 unspecified atom stereocenters. The Hall–Kier alpha value is -4.37. The van der Waals surface area contributed by atoms with Crippen LogP contribution in [0.25, 0.3) is 5.76 Å². The van der Waals surface area contributed by atoms with E-state index in [2.05, 4.69) is 0 Å². The Morgan fingerprint density at radius 3 is 2.26 bits per heavy atom. The Labute approximate surface area is 179 Å². The molecule has 1 atom stereocenters. The van der Waals surface area contributed by atoms with Crippen molar-refractivity contribution in [3.8, 4) is 11.8 Å². The van der Waals surface area contributed by atoms with Gasteiger partial charge in [-0.3, -0.25) is 14.5 Å². The molecule has 1 amide bonds. The van der Waals surface area contributed by atoms with Crippen LogP contribution in [0.5, 0.6) is 5.75 Å². The zero-order valence-electron chi connectivity index (χ0n) is 16.6. The molecule has 1 aliphatic rings. The van der Waals surface area contributed by atoms with Gasteiger partial charge in [0.2, 0.25) is 0 Å². The summed E-state index contributed by atoms with van der Waals surface area (Å²) in [5.74, 6) is -1.46. The lowest BCUT2D eigenvalue weighted by Gasteiger charge is -2.25. The van der Waals surface area contributed by atoms with Gasteiger partial charge in [-0.1, -0.05) is 42.5 Å². The number of amides is 1. The standard InChI is InChI=1S/C25H18N2O4/c1-31-20-10-6-5-9-19(20)23(28)21-22(17-7-3-2-4-8-17)27(25(30)24(21)29)18-13-11-16(15-26)12-14-18/h2-14,22,28H,1H3/b23-21-. The van der Waals surface area contributed by atoms with Gasteiger partial charge in [-0.25, -0.2) is 0 Å². The van der Waals surface area contributed by atoms with Gasteiger partial charge in [0.05, 0.1) is 35.9 Å². The highest BCUT2D eigenvalue weighted by molar-refractivity contribution is 6.51. The maximum absolute atomic E-state index is 13.1. The smallest absolute Gasteiger partial charge is 0.300 e. The number of hydrogen-bond donors (Lipinski definition) is 1. The predicted molar refractivity (Wildman–Crippen MR) is 115 cm³/mol. The Morgan fingerprint density at radius 1 is 0.968 bits per heavy atom. The predicted octanol–water partition coefficient (Wildman–Crippen LogP) is 4.19. The van der Waals surface area contributed by atoms with Crippen molar-refractivity contribution in [2.24, 2.45) is 0 Å². The third-order valence-corrected chi connectivity index (χ3v) is 5.20. The quantitative estimate of drug-likeness (QED) is 0.396. The van der Waals surface area contributed by atoms with Crippen molar-refractivity contribution < 1.29 is 19.4 Å². The van der Waals surface area contributed by atoms with E-state index in [4.69, 9.17) is 10.00 Å². The highest BCUT2D eigenvalue weighted by atomic mass is 16.5. The van der Waals surface area contributed by atoms with Crippen molar-refractivity contribution in [3.05, 3.63) is 101 Å². The molecule has 6 heteroatoms. The molecule has 152 valence electrons. The minimum atomic E-state index is -0.834. The van der Waals surface area contributed by atoms with Gasteiger partial charge in [-0.05, 0) is 42.0 Å². The van der Waals surface area contributed by atoms with Crippen LogP contribution in [0.1, 0.15) is 22.7 Å². The number of ether oxygens (including phenoxy) is 1. The van der Waals surface area contributed by atoms with Crippen LogP contribution < -0.4 is 9.64 Å². The topological polar surface area (TPSA) is 90.6 Å². The Balaban J connectivity index is 1.95. The average Bonchev–Trinajstić information content (AvgIpc) is 3.09. The van der Waals surface area contributed by atoms with E-state index in [0.717, 1.165) is 0 Å². The molecule has 31 heavy (non-hydrogen) atoms. The summed E-state index contributed by atoms with van der Waals surface area (Å²) in [6, 6.07) is 23.4.